The van der Waals surface area contributed by atoms with Gasteiger partial charge in [-0.25, -0.2) is 0 Å². The van der Waals surface area contributed by atoms with E-state index in [9.17, 15) is 0 Å². The number of terminal acetylenes is 1. The molecule has 1 aliphatic heterocycles. The first kappa shape index (κ1) is 10.1. The zero-order chi connectivity index (χ0) is 9.73. The van der Waals surface area contributed by atoms with E-state index in [0.717, 1.165) is 26.1 Å². The van der Waals surface area contributed by atoms with Crippen molar-refractivity contribution in [1.29, 1.82) is 5.26 Å². The van der Waals surface area contributed by atoms with E-state index < -0.39 is 5.54 Å². The van der Waals surface area contributed by atoms with E-state index in [1.54, 1.807) is 0 Å². The number of hydrogen-bond acceptors (Lipinski definition) is 3. The molecule has 0 bridgehead atoms. The van der Waals surface area contributed by atoms with Gasteiger partial charge in [0.15, 0.2) is 0 Å². The van der Waals surface area contributed by atoms with Crippen molar-refractivity contribution in [3.63, 3.8) is 0 Å². The Hall–Kier alpha value is -1.03. The molecule has 0 aliphatic carbocycles. The second kappa shape index (κ2) is 4.28. The number of nitrogens with zero attached hydrogens (tertiary/aromatic N) is 2. The summed E-state index contributed by atoms with van der Waals surface area (Å²) < 4.78 is 0. The third kappa shape index (κ3) is 2.21. The van der Waals surface area contributed by atoms with Crippen LogP contribution in [0.5, 0.6) is 0 Å². The minimum atomic E-state index is -0.400. The molecule has 3 heteroatoms. The Morgan fingerprint density at radius 1 is 1.69 bits per heavy atom. The monoisotopic (exact) mass is 177 g/mol. The van der Waals surface area contributed by atoms with Crippen molar-refractivity contribution in [1.82, 2.24) is 10.2 Å². The molecule has 1 rings (SSSR count). The first-order valence-electron chi connectivity index (χ1n) is 4.58. The number of nitrogens with one attached hydrogen (secondary N) is 1. The molecular weight excluding hydrogens is 162 g/mol. The minimum Gasteiger partial charge on any atom is -0.301 e. The van der Waals surface area contributed by atoms with Crippen LogP contribution < -0.4 is 5.32 Å². The van der Waals surface area contributed by atoms with Gasteiger partial charge < -0.3 is 4.90 Å². The van der Waals surface area contributed by atoms with Gasteiger partial charge in [0.05, 0.1) is 12.6 Å². The Bertz CT molecular complexity index is 248. The highest BCUT2D eigenvalue weighted by Crippen LogP contribution is 2.19. The Kier molecular flexibility index (Phi) is 3.31. The number of rotatable bonds is 3. The van der Waals surface area contributed by atoms with E-state index in [-0.39, 0.29) is 0 Å². The van der Waals surface area contributed by atoms with E-state index in [1.807, 2.05) is 0 Å². The molecular formula is C10H15N3. The maximum atomic E-state index is 9.05. The lowest BCUT2D eigenvalue weighted by atomic mass is 10.0. The van der Waals surface area contributed by atoms with Crippen LogP contribution in [0.15, 0.2) is 0 Å². The summed E-state index contributed by atoms with van der Waals surface area (Å²) in [6.07, 6.45) is 6.03. The average Bonchev–Trinajstić information content (AvgIpc) is 2.59. The normalized spacial score (nSPS) is 28.2. The summed E-state index contributed by atoms with van der Waals surface area (Å²) in [5.74, 6) is 2.51. The number of nitriles is 1. The van der Waals surface area contributed by atoms with Crippen LogP contribution in [0.2, 0.25) is 0 Å². The second-order valence-electron chi connectivity index (χ2n) is 3.37. The summed E-state index contributed by atoms with van der Waals surface area (Å²) in [6, 6.07) is 2.33. The van der Waals surface area contributed by atoms with Crippen LogP contribution in [0.3, 0.4) is 0 Å². The molecule has 70 valence electrons. The van der Waals surface area contributed by atoms with Crippen molar-refractivity contribution in [2.24, 2.45) is 0 Å². The predicted molar refractivity (Wildman–Crippen MR) is 51.9 cm³/mol. The summed E-state index contributed by atoms with van der Waals surface area (Å²) in [5.41, 5.74) is -0.400. The lowest BCUT2D eigenvalue weighted by Gasteiger charge is -2.21. The summed E-state index contributed by atoms with van der Waals surface area (Å²) in [4.78, 5) is 2.26. The summed E-state index contributed by atoms with van der Waals surface area (Å²) >= 11 is 0. The lowest BCUT2D eigenvalue weighted by Crippen LogP contribution is -2.46. The van der Waals surface area contributed by atoms with Gasteiger partial charge in [0.2, 0.25) is 0 Å². The first-order chi connectivity index (χ1) is 6.26. The molecule has 1 aliphatic rings. The number of likely N-dealkylation sites (N-methyl/N-ethyl adjacent to an activating group) is 1. The minimum absolute atomic E-state index is 0.400. The smallest absolute Gasteiger partial charge is 0.121 e. The highest BCUT2D eigenvalue weighted by molar-refractivity contribution is 5.14. The molecule has 1 saturated heterocycles. The maximum Gasteiger partial charge on any atom is 0.121 e. The molecule has 1 atom stereocenters. The SMILES string of the molecule is C#CCNC1(C#N)CCN(CC)C1. The van der Waals surface area contributed by atoms with Crippen LogP contribution >= 0.6 is 0 Å². The van der Waals surface area contributed by atoms with Crippen molar-refractivity contribution in [3.05, 3.63) is 0 Å². The van der Waals surface area contributed by atoms with Crippen LogP contribution in [0, 0.1) is 23.7 Å². The number of likely N-dealkylation sites (tertiary alicyclic amines) is 1. The zero-order valence-corrected chi connectivity index (χ0v) is 8.01. The third-order valence-corrected chi connectivity index (χ3v) is 2.54. The van der Waals surface area contributed by atoms with E-state index in [4.69, 9.17) is 11.7 Å². The molecule has 0 spiro atoms. The van der Waals surface area contributed by atoms with E-state index in [1.165, 1.54) is 0 Å². The molecule has 1 heterocycles. The Balaban J connectivity index is 2.54. The summed E-state index contributed by atoms with van der Waals surface area (Å²) in [6.45, 7) is 5.37. The van der Waals surface area contributed by atoms with Crippen molar-refractivity contribution in [2.75, 3.05) is 26.2 Å². The van der Waals surface area contributed by atoms with Crippen LogP contribution in [0.1, 0.15) is 13.3 Å². The van der Waals surface area contributed by atoms with Gasteiger partial charge in [0.25, 0.3) is 0 Å². The quantitative estimate of drug-likeness (QED) is 0.626. The van der Waals surface area contributed by atoms with Gasteiger partial charge in [-0.2, -0.15) is 5.26 Å². The third-order valence-electron chi connectivity index (χ3n) is 2.54. The predicted octanol–water partition coefficient (Wildman–Crippen LogP) is 0.197. The Morgan fingerprint density at radius 3 is 2.92 bits per heavy atom. The van der Waals surface area contributed by atoms with Gasteiger partial charge in [0, 0.05) is 13.1 Å². The average molecular weight is 177 g/mol. The molecule has 1 unspecified atom stereocenters. The van der Waals surface area contributed by atoms with Crippen molar-refractivity contribution >= 4 is 0 Å². The molecule has 1 N–H and O–H groups in total. The maximum absolute atomic E-state index is 9.05. The van der Waals surface area contributed by atoms with Gasteiger partial charge in [-0.1, -0.05) is 12.8 Å². The van der Waals surface area contributed by atoms with Gasteiger partial charge in [-0.3, -0.25) is 5.32 Å². The Morgan fingerprint density at radius 2 is 2.46 bits per heavy atom. The van der Waals surface area contributed by atoms with Crippen LogP contribution in [-0.4, -0.2) is 36.6 Å². The molecule has 0 aromatic rings. The van der Waals surface area contributed by atoms with Crippen LogP contribution in [-0.2, 0) is 0 Å². The fourth-order valence-electron chi connectivity index (χ4n) is 1.65. The molecule has 1 fully saturated rings. The fraction of sp³-hybridized carbons (Fsp3) is 0.700. The molecule has 3 nitrogen and oxygen atoms in total. The fourth-order valence-corrected chi connectivity index (χ4v) is 1.65. The van der Waals surface area contributed by atoms with E-state index in [2.05, 4.69) is 29.1 Å². The molecule has 13 heavy (non-hydrogen) atoms. The van der Waals surface area contributed by atoms with Crippen LogP contribution in [0.25, 0.3) is 0 Å². The zero-order valence-electron chi connectivity index (χ0n) is 8.01. The largest absolute Gasteiger partial charge is 0.301 e. The van der Waals surface area contributed by atoms with Gasteiger partial charge in [-0.05, 0) is 13.0 Å². The second-order valence-corrected chi connectivity index (χ2v) is 3.37. The molecule has 0 radical (unpaired) electrons. The lowest BCUT2D eigenvalue weighted by molar-refractivity contribution is 0.329. The first-order valence-corrected chi connectivity index (χ1v) is 4.58. The van der Waals surface area contributed by atoms with Crippen LogP contribution in [0.4, 0.5) is 0 Å². The molecule has 0 saturated carbocycles. The van der Waals surface area contributed by atoms with Gasteiger partial charge >= 0.3 is 0 Å². The van der Waals surface area contributed by atoms with E-state index >= 15 is 0 Å². The Labute approximate surface area is 79.7 Å². The summed E-state index contributed by atoms with van der Waals surface area (Å²) in [5, 5.41) is 12.2. The highest BCUT2D eigenvalue weighted by atomic mass is 15.2. The molecule has 0 amide bonds. The topological polar surface area (TPSA) is 39.1 Å². The standard InChI is InChI=1S/C10H15N3/c1-3-6-12-10(8-11)5-7-13(4-2)9-10/h1,12H,4-7,9H2,2H3. The highest BCUT2D eigenvalue weighted by Gasteiger charge is 2.36. The summed E-state index contributed by atoms with van der Waals surface area (Å²) in [7, 11) is 0. The number of hydrogen-bond donors (Lipinski definition) is 1. The van der Waals surface area contributed by atoms with Crippen molar-refractivity contribution in [3.8, 4) is 18.4 Å². The van der Waals surface area contributed by atoms with Crippen molar-refractivity contribution < 1.29 is 0 Å². The molecule has 0 aromatic carbocycles. The van der Waals surface area contributed by atoms with Gasteiger partial charge in [-0.15, -0.1) is 6.42 Å². The molecule has 0 aromatic heterocycles. The van der Waals surface area contributed by atoms with E-state index in [0.29, 0.717) is 6.54 Å². The van der Waals surface area contributed by atoms with Crippen molar-refractivity contribution in [2.45, 2.75) is 18.9 Å². The van der Waals surface area contributed by atoms with Gasteiger partial charge in [0.1, 0.15) is 5.54 Å².